The van der Waals surface area contributed by atoms with Gasteiger partial charge in [-0.2, -0.15) is 5.26 Å². The molecule has 0 radical (unpaired) electrons. The summed E-state index contributed by atoms with van der Waals surface area (Å²) in [6, 6.07) is 19.2. The number of rotatable bonds is 7. The highest BCUT2D eigenvalue weighted by Gasteiger charge is 2.28. The Balaban J connectivity index is 2.08. The number of hydrogen-bond donors (Lipinski definition) is 1. The molecule has 0 saturated heterocycles. The molecule has 2 rings (SSSR count). The third-order valence-corrected chi connectivity index (χ3v) is 4.39. The highest BCUT2D eigenvalue weighted by Crippen LogP contribution is 2.23. The standard InChI is InChI=1S/C22H26N2O2/c1-16(2)20(26-19-13-9-8-10-17(19)14-23)21(25)24-15-22(3,4)18-11-6-5-7-12-18/h5-13,16,20H,15H2,1-4H3,(H,24,25). The summed E-state index contributed by atoms with van der Waals surface area (Å²) in [6.45, 7) is 8.56. The second-order valence-corrected chi connectivity index (χ2v) is 7.36. The van der Waals surface area contributed by atoms with Gasteiger partial charge in [0.15, 0.2) is 6.10 Å². The minimum Gasteiger partial charge on any atom is -0.479 e. The number of carbonyl (C=O) groups is 1. The molecule has 4 nitrogen and oxygen atoms in total. The van der Waals surface area contributed by atoms with Gasteiger partial charge in [0, 0.05) is 12.0 Å². The van der Waals surface area contributed by atoms with E-state index in [0.717, 1.165) is 5.56 Å². The van der Waals surface area contributed by atoms with Gasteiger partial charge in [0.25, 0.3) is 5.91 Å². The molecule has 0 bridgehead atoms. The molecule has 0 aliphatic carbocycles. The fourth-order valence-corrected chi connectivity index (χ4v) is 2.69. The zero-order chi connectivity index (χ0) is 19.2. The normalized spacial score (nSPS) is 12.3. The summed E-state index contributed by atoms with van der Waals surface area (Å²) in [5.41, 5.74) is 1.40. The van der Waals surface area contributed by atoms with Crippen LogP contribution in [0.1, 0.15) is 38.8 Å². The first-order chi connectivity index (χ1) is 12.3. The molecule has 2 aromatic carbocycles. The Hall–Kier alpha value is -2.80. The van der Waals surface area contributed by atoms with Gasteiger partial charge in [0.2, 0.25) is 0 Å². The van der Waals surface area contributed by atoms with E-state index in [2.05, 4.69) is 37.4 Å². The van der Waals surface area contributed by atoms with Crippen molar-refractivity contribution in [1.29, 1.82) is 5.26 Å². The number of nitriles is 1. The highest BCUT2D eigenvalue weighted by molar-refractivity contribution is 5.81. The van der Waals surface area contributed by atoms with Gasteiger partial charge < -0.3 is 10.1 Å². The molecule has 1 atom stereocenters. The molecule has 2 aromatic rings. The van der Waals surface area contributed by atoms with Crippen molar-refractivity contribution in [2.24, 2.45) is 5.92 Å². The Labute approximate surface area is 155 Å². The maximum atomic E-state index is 12.7. The van der Waals surface area contributed by atoms with E-state index in [1.54, 1.807) is 24.3 Å². The van der Waals surface area contributed by atoms with Crippen molar-refractivity contribution in [3.8, 4) is 11.8 Å². The first-order valence-corrected chi connectivity index (χ1v) is 8.84. The summed E-state index contributed by atoms with van der Waals surface area (Å²) in [4.78, 5) is 12.7. The van der Waals surface area contributed by atoms with Gasteiger partial charge in [0.05, 0.1) is 5.56 Å². The molecule has 0 fully saturated rings. The molecule has 0 saturated carbocycles. The molecule has 0 aromatic heterocycles. The zero-order valence-electron chi connectivity index (χ0n) is 15.8. The van der Waals surface area contributed by atoms with E-state index >= 15 is 0 Å². The van der Waals surface area contributed by atoms with Crippen molar-refractivity contribution in [3.05, 3.63) is 65.7 Å². The summed E-state index contributed by atoms with van der Waals surface area (Å²) in [7, 11) is 0. The van der Waals surface area contributed by atoms with E-state index in [-0.39, 0.29) is 17.2 Å². The van der Waals surface area contributed by atoms with Crippen LogP contribution in [0, 0.1) is 17.2 Å². The van der Waals surface area contributed by atoms with Crippen LogP contribution in [0.4, 0.5) is 0 Å². The van der Waals surface area contributed by atoms with Crippen LogP contribution in [0.2, 0.25) is 0 Å². The molecule has 136 valence electrons. The molecule has 1 N–H and O–H groups in total. The van der Waals surface area contributed by atoms with Crippen molar-refractivity contribution in [1.82, 2.24) is 5.32 Å². The Kier molecular flexibility index (Phi) is 6.41. The van der Waals surface area contributed by atoms with Gasteiger partial charge in [0.1, 0.15) is 11.8 Å². The quantitative estimate of drug-likeness (QED) is 0.819. The number of nitrogens with one attached hydrogen (secondary N) is 1. The van der Waals surface area contributed by atoms with Crippen molar-refractivity contribution in [2.45, 2.75) is 39.2 Å². The van der Waals surface area contributed by atoms with Gasteiger partial charge in [-0.05, 0) is 23.6 Å². The summed E-state index contributed by atoms with van der Waals surface area (Å²) in [5, 5.41) is 12.2. The molecule has 26 heavy (non-hydrogen) atoms. The lowest BCUT2D eigenvalue weighted by molar-refractivity contribution is -0.130. The number of nitrogens with zero attached hydrogens (tertiary/aromatic N) is 1. The molecule has 1 amide bonds. The van der Waals surface area contributed by atoms with Gasteiger partial charge in [-0.15, -0.1) is 0 Å². The predicted octanol–water partition coefficient (Wildman–Crippen LogP) is 4.06. The Morgan fingerprint density at radius 2 is 1.73 bits per heavy atom. The smallest absolute Gasteiger partial charge is 0.261 e. The minimum absolute atomic E-state index is 0.0263. The summed E-state index contributed by atoms with van der Waals surface area (Å²) in [5.74, 6) is 0.240. The fraction of sp³-hybridized carbons (Fsp3) is 0.364. The van der Waals surface area contributed by atoms with Crippen LogP contribution in [-0.4, -0.2) is 18.6 Å². The van der Waals surface area contributed by atoms with E-state index < -0.39 is 6.10 Å². The van der Waals surface area contributed by atoms with Crippen molar-refractivity contribution >= 4 is 5.91 Å². The van der Waals surface area contributed by atoms with Crippen molar-refractivity contribution in [3.63, 3.8) is 0 Å². The third-order valence-electron chi connectivity index (χ3n) is 4.39. The molecule has 4 heteroatoms. The number of ether oxygens (including phenoxy) is 1. The van der Waals surface area contributed by atoms with Gasteiger partial charge in [-0.1, -0.05) is 70.2 Å². The molecule has 1 unspecified atom stereocenters. The molecule has 0 spiro atoms. The highest BCUT2D eigenvalue weighted by atomic mass is 16.5. The van der Waals surface area contributed by atoms with Crippen LogP contribution in [0.5, 0.6) is 5.75 Å². The lowest BCUT2D eigenvalue weighted by Crippen LogP contribution is -2.46. The monoisotopic (exact) mass is 350 g/mol. The molecular formula is C22H26N2O2. The maximum absolute atomic E-state index is 12.7. The first-order valence-electron chi connectivity index (χ1n) is 8.84. The Bertz CT molecular complexity index is 776. The van der Waals surface area contributed by atoms with E-state index in [1.165, 1.54) is 0 Å². The lowest BCUT2D eigenvalue weighted by Gasteiger charge is -2.28. The Morgan fingerprint density at radius 3 is 2.35 bits per heavy atom. The molecule has 0 aliphatic heterocycles. The third kappa shape index (κ3) is 4.86. The second-order valence-electron chi connectivity index (χ2n) is 7.36. The number of para-hydroxylation sites is 1. The van der Waals surface area contributed by atoms with Crippen LogP contribution < -0.4 is 10.1 Å². The zero-order valence-corrected chi connectivity index (χ0v) is 15.8. The van der Waals surface area contributed by atoms with E-state index in [4.69, 9.17) is 4.74 Å². The maximum Gasteiger partial charge on any atom is 0.261 e. The van der Waals surface area contributed by atoms with Crippen LogP contribution in [-0.2, 0) is 10.2 Å². The average Bonchev–Trinajstić information content (AvgIpc) is 2.65. The van der Waals surface area contributed by atoms with Gasteiger partial charge in [-0.25, -0.2) is 0 Å². The Morgan fingerprint density at radius 1 is 1.12 bits per heavy atom. The van der Waals surface area contributed by atoms with Gasteiger partial charge in [-0.3, -0.25) is 4.79 Å². The van der Waals surface area contributed by atoms with E-state index in [9.17, 15) is 10.1 Å². The number of hydrogen-bond acceptors (Lipinski definition) is 3. The van der Waals surface area contributed by atoms with Crippen LogP contribution >= 0.6 is 0 Å². The molecule has 0 heterocycles. The van der Waals surface area contributed by atoms with Crippen molar-refractivity contribution < 1.29 is 9.53 Å². The largest absolute Gasteiger partial charge is 0.479 e. The molecule has 0 aliphatic rings. The van der Waals surface area contributed by atoms with E-state index in [0.29, 0.717) is 17.9 Å². The lowest BCUT2D eigenvalue weighted by atomic mass is 9.84. The summed E-state index contributed by atoms with van der Waals surface area (Å²) >= 11 is 0. The van der Waals surface area contributed by atoms with Crippen LogP contribution in [0.3, 0.4) is 0 Å². The van der Waals surface area contributed by atoms with E-state index in [1.807, 2.05) is 32.0 Å². The molecular weight excluding hydrogens is 324 g/mol. The average molecular weight is 350 g/mol. The van der Waals surface area contributed by atoms with Crippen LogP contribution in [0.15, 0.2) is 54.6 Å². The second kappa shape index (κ2) is 8.53. The fourth-order valence-electron chi connectivity index (χ4n) is 2.69. The number of amides is 1. The van der Waals surface area contributed by atoms with Crippen LogP contribution in [0.25, 0.3) is 0 Å². The summed E-state index contributed by atoms with van der Waals surface area (Å²) in [6.07, 6.45) is -0.656. The minimum atomic E-state index is -0.656. The van der Waals surface area contributed by atoms with Crippen molar-refractivity contribution in [2.75, 3.05) is 6.54 Å². The SMILES string of the molecule is CC(C)C(Oc1ccccc1C#N)C(=O)NCC(C)(C)c1ccccc1. The van der Waals surface area contributed by atoms with Gasteiger partial charge >= 0.3 is 0 Å². The topological polar surface area (TPSA) is 62.1 Å². The number of carbonyl (C=O) groups excluding carboxylic acids is 1. The summed E-state index contributed by atoms with van der Waals surface area (Å²) < 4.78 is 5.90. The predicted molar refractivity (Wildman–Crippen MR) is 103 cm³/mol. The number of benzene rings is 2. The first kappa shape index (κ1) is 19.5.